The lowest BCUT2D eigenvalue weighted by Crippen LogP contribution is -3.00. The number of ether oxygens (including phenoxy) is 4. The Hall–Kier alpha value is -1.52. The second kappa shape index (κ2) is 10.9. The van der Waals surface area contributed by atoms with Crippen molar-refractivity contribution >= 4 is 33.8 Å². The Morgan fingerprint density at radius 2 is 1.57 bits per heavy atom. The molecule has 0 unspecified atom stereocenters. The zero-order chi connectivity index (χ0) is 20.1. The molecule has 0 amide bonds. The first-order valence-electron chi connectivity index (χ1n) is 8.43. The van der Waals surface area contributed by atoms with Crippen molar-refractivity contribution in [3.63, 3.8) is 0 Å². The van der Waals surface area contributed by atoms with Crippen LogP contribution in [0.25, 0.3) is 0 Å². The summed E-state index contributed by atoms with van der Waals surface area (Å²) in [5, 5.41) is 0. The molecule has 1 aliphatic heterocycles. The van der Waals surface area contributed by atoms with Crippen LogP contribution < -0.4 is 21.5 Å². The van der Waals surface area contributed by atoms with Crippen LogP contribution in [0.15, 0.2) is 24.5 Å². The van der Waals surface area contributed by atoms with Crippen molar-refractivity contribution in [3.05, 3.63) is 30.1 Å². The van der Waals surface area contributed by atoms with Crippen LogP contribution in [0.2, 0.25) is 0 Å². The van der Waals surface area contributed by atoms with Crippen LogP contribution in [0.5, 0.6) is 0 Å². The van der Waals surface area contributed by atoms with Gasteiger partial charge < -0.3 is 35.9 Å². The molecular weight excluding hydrogens is 502 g/mol. The third kappa shape index (κ3) is 6.52. The van der Waals surface area contributed by atoms with Crippen LogP contribution in [0.1, 0.15) is 32.6 Å². The number of hydrogen-bond acceptors (Lipinski definition) is 7. The van der Waals surface area contributed by atoms with E-state index in [1.807, 2.05) is 31.5 Å². The minimum Gasteiger partial charge on any atom is -1.00 e. The van der Waals surface area contributed by atoms with E-state index in [9.17, 15) is 14.4 Å². The highest BCUT2D eigenvalue weighted by atomic mass is 79.9. The summed E-state index contributed by atoms with van der Waals surface area (Å²) >= 11 is 3.52. The van der Waals surface area contributed by atoms with Crippen LogP contribution in [0.3, 0.4) is 0 Å². The number of aromatic nitrogens is 1. The summed E-state index contributed by atoms with van der Waals surface area (Å²) in [5.41, 5.74) is 1.07. The monoisotopic (exact) mass is 523 g/mol. The van der Waals surface area contributed by atoms with Gasteiger partial charge >= 0.3 is 17.9 Å². The zero-order valence-electron chi connectivity index (χ0n) is 16.0. The molecule has 0 spiro atoms. The maximum absolute atomic E-state index is 11.6. The molecule has 28 heavy (non-hydrogen) atoms. The van der Waals surface area contributed by atoms with Gasteiger partial charge in [0.2, 0.25) is 0 Å². The van der Waals surface area contributed by atoms with Gasteiger partial charge in [0.1, 0.15) is 17.5 Å². The predicted molar refractivity (Wildman–Crippen MR) is 95.7 cm³/mol. The molecule has 5 atom stereocenters. The van der Waals surface area contributed by atoms with E-state index < -0.39 is 47.3 Å². The summed E-state index contributed by atoms with van der Waals surface area (Å²) in [6.07, 6.45) is 0.497. The lowest BCUT2D eigenvalue weighted by molar-refractivity contribution is -0.768. The van der Waals surface area contributed by atoms with Crippen molar-refractivity contribution in [2.45, 2.75) is 57.1 Å². The minimum absolute atomic E-state index is 0. The number of carbonyl (C=O) groups excluding carboxylic acids is 3. The summed E-state index contributed by atoms with van der Waals surface area (Å²) in [5.74, 6) is -1.58. The Morgan fingerprint density at radius 3 is 2.07 bits per heavy atom. The molecule has 1 aromatic rings. The molecule has 0 aromatic carbocycles. The molecule has 0 saturated carbocycles. The predicted octanol–water partition coefficient (Wildman–Crippen LogP) is -1.63. The molecule has 1 aliphatic rings. The molecule has 10 heteroatoms. The fourth-order valence-electron chi connectivity index (χ4n) is 2.80. The number of alkyl halides is 1. The summed E-state index contributed by atoms with van der Waals surface area (Å²) in [6, 6.07) is 3.81. The molecule has 8 nitrogen and oxygen atoms in total. The number of hydrogen-bond donors (Lipinski definition) is 0. The molecular formula is C18H23Br2NO7. The van der Waals surface area contributed by atoms with Crippen molar-refractivity contribution in [2.75, 3.05) is 6.61 Å². The topological polar surface area (TPSA) is 92.0 Å². The van der Waals surface area contributed by atoms with Gasteiger partial charge in [-0.15, -0.1) is 0 Å². The molecule has 2 heterocycles. The van der Waals surface area contributed by atoms with E-state index in [0.29, 0.717) is 0 Å². The lowest BCUT2D eigenvalue weighted by Gasteiger charge is -2.40. The summed E-state index contributed by atoms with van der Waals surface area (Å²) in [6.45, 7) is 5.60. The minimum atomic E-state index is -0.933. The molecule has 0 radical (unpaired) electrons. The van der Waals surface area contributed by atoms with Gasteiger partial charge in [0.25, 0.3) is 6.23 Å². The van der Waals surface area contributed by atoms with Gasteiger partial charge in [0, 0.05) is 32.9 Å². The summed E-state index contributed by atoms with van der Waals surface area (Å²) in [4.78, 5) is 33.9. The number of pyridine rings is 1. The fraction of sp³-hybridized carbons (Fsp3) is 0.556. The number of aryl methyl sites for hydroxylation is 1. The number of nitrogens with zero attached hydrogens (tertiary/aromatic N) is 1. The third-order valence-corrected chi connectivity index (χ3v) is 4.93. The average molecular weight is 525 g/mol. The second-order valence-corrected chi connectivity index (χ2v) is 7.34. The Bertz CT molecular complexity index is 698. The van der Waals surface area contributed by atoms with E-state index in [4.69, 9.17) is 18.9 Å². The van der Waals surface area contributed by atoms with Gasteiger partial charge in [-0.3, -0.25) is 14.4 Å². The molecule has 0 N–H and O–H groups in total. The van der Waals surface area contributed by atoms with Gasteiger partial charge in [-0.25, -0.2) is 0 Å². The van der Waals surface area contributed by atoms with Crippen molar-refractivity contribution < 1.29 is 54.9 Å². The van der Waals surface area contributed by atoms with Crippen molar-refractivity contribution in [1.29, 1.82) is 0 Å². The highest BCUT2D eigenvalue weighted by Gasteiger charge is 2.53. The second-order valence-electron chi connectivity index (χ2n) is 6.28. The Morgan fingerprint density at radius 1 is 1.04 bits per heavy atom. The quantitative estimate of drug-likeness (QED) is 0.198. The molecule has 1 saturated heterocycles. The molecule has 2 rings (SSSR count). The number of rotatable bonds is 5. The van der Waals surface area contributed by atoms with Crippen molar-refractivity contribution in [1.82, 2.24) is 0 Å². The van der Waals surface area contributed by atoms with Gasteiger partial charge in [-0.1, -0.05) is 15.9 Å². The van der Waals surface area contributed by atoms with E-state index in [0.717, 1.165) is 5.56 Å². The van der Waals surface area contributed by atoms with Crippen molar-refractivity contribution in [3.8, 4) is 0 Å². The Balaban J connectivity index is 0.00000392. The highest BCUT2D eigenvalue weighted by molar-refractivity contribution is 9.09. The van der Waals surface area contributed by atoms with Gasteiger partial charge in [0.15, 0.2) is 24.6 Å². The van der Waals surface area contributed by atoms with Crippen LogP contribution in [0, 0.1) is 6.92 Å². The Labute approximate surface area is 182 Å². The summed E-state index contributed by atoms with van der Waals surface area (Å²) in [7, 11) is 0. The standard InChI is InChI=1S/C18H23BrNO7.BrH/c1-10-5-7-20(8-6-10)18-15(19)17(26-13(4)23)16(25-12(3)22)14(27-18)9-24-11(2)21;/h5-8,14-18H,9H2,1-4H3;1H/q+1;/p-1/t14-,15-,16-,17-,18-;/m1./s1. The van der Waals surface area contributed by atoms with E-state index >= 15 is 0 Å². The van der Waals surface area contributed by atoms with Crippen LogP contribution in [-0.4, -0.2) is 47.7 Å². The van der Waals surface area contributed by atoms with Crippen molar-refractivity contribution in [2.24, 2.45) is 0 Å². The Kier molecular flexibility index (Phi) is 9.52. The van der Waals surface area contributed by atoms with Crippen LogP contribution >= 0.6 is 15.9 Å². The molecule has 1 aromatic heterocycles. The van der Waals surface area contributed by atoms with E-state index in [2.05, 4.69) is 15.9 Å². The smallest absolute Gasteiger partial charge is 0.303 e. The van der Waals surface area contributed by atoms with Crippen LogP contribution in [-0.2, 0) is 33.3 Å². The first-order chi connectivity index (χ1) is 12.7. The highest BCUT2D eigenvalue weighted by Crippen LogP contribution is 2.34. The zero-order valence-corrected chi connectivity index (χ0v) is 19.1. The maximum atomic E-state index is 11.6. The molecule has 156 valence electrons. The number of carbonyl (C=O) groups is 3. The molecule has 0 bridgehead atoms. The first-order valence-corrected chi connectivity index (χ1v) is 9.35. The van der Waals surface area contributed by atoms with E-state index in [1.165, 1.54) is 20.8 Å². The molecule has 0 aliphatic carbocycles. The van der Waals surface area contributed by atoms with Gasteiger partial charge in [-0.05, 0) is 12.5 Å². The SMILES string of the molecule is CC(=O)OC[C@H]1O[C@@H]([n+]2ccc(C)cc2)[C@H](Br)[C@@H](OC(C)=O)[C@@H]1OC(C)=O.[Br-]. The first kappa shape index (κ1) is 24.5. The van der Waals surface area contributed by atoms with Crippen LogP contribution in [0.4, 0.5) is 0 Å². The number of esters is 3. The number of halogens is 2. The largest absolute Gasteiger partial charge is 1.00 e. The van der Waals surface area contributed by atoms with Gasteiger partial charge in [-0.2, -0.15) is 4.57 Å². The van der Waals surface area contributed by atoms with E-state index in [1.54, 1.807) is 4.57 Å². The lowest BCUT2D eigenvalue weighted by atomic mass is 10.00. The maximum Gasteiger partial charge on any atom is 0.303 e. The van der Waals surface area contributed by atoms with E-state index in [-0.39, 0.29) is 23.6 Å². The molecule has 1 fully saturated rings. The normalized spacial score (nSPS) is 26.5. The van der Waals surface area contributed by atoms with Gasteiger partial charge in [0.05, 0.1) is 0 Å². The third-order valence-electron chi connectivity index (χ3n) is 3.96. The average Bonchev–Trinajstić information content (AvgIpc) is 2.57. The summed E-state index contributed by atoms with van der Waals surface area (Å²) < 4.78 is 23.7. The fourth-order valence-corrected chi connectivity index (χ4v) is 3.60.